The van der Waals surface area contributed by atoms with Crippen LogP contribution in [0.25, 0.3) is 16.5 Å². The summed E-state index contributed by atoms with van der Waals surface area (Å²) < 4.78 is 6.66. The van der Waals surface area contributed by atoms with Crippen molar-refractivity contribution in [2.24, 2.45) is 0 Å². The molecule has 1 aromatic carbocycles. The highest BCUT2D eigenvalue weighted by atomic mass is 35.5. The third-order valence-electron chi connectivity index (χ3n) is 4.19. The first-order chi connectivity index (χ1) is 14.4. The Bertz CT molecular complexity index is 1280. The fraction of sp³-hybridized carbons (Fsp3) is 0.100. The topological polar surface area (TPSA) is 102 Å². The van der Waals surface area contributed by atoms with Gasteiger partial charge >= 0.3 is 0 Å². The minimum absolute atomic E-state index is 0.191. The molecule has 0 aliphatic heterocycles. The van der Waals surface area contributed by atoms with Crippen LogP contribution in [0.5, 0.6) is 5.75 Å². The van der Waals surface area contributed by atoms with E-state index in [9.17, 15) is 9.59 Å². The molecule has 4 rings (SSSR count). The standard InChI is InChI=1S/C20H16ClN5O3S/c1-11-8-18(27)24-20(22-11)26-17(10-14(25-26)16-4-3-7-30-16)23-19(28)13-9-12(21)5-6-15(13)29-2/h3-10H,1-2H3,(H,23,28)(H,22,24,27). The van der Waals surface area contributed by atoms with Crippen LogP contribution in [0.3, 0.4) is 0 Å². The summed E-state index contributed by atoms with van der Waals surface area (Å²) in [6.45, 7) is 1.71. The van der Waals surface area contributed by atoms with Crippen LogP contribution in [0, 0.1) is 6.92 Å². The second-order valence-electron chi connectivity index (χ2n) is 6.31. The van der Waals surface area contributed by atoms with Gasteiger partial charge in [-0.2, -0.15) is 9.78 Å². The molecule has 4 aromatic rings. The molecule has 0 radical (unpaired) electrons. The summed E-state index contributed by atoms with van der Waals surface area (Å²) in [5.74, 6) is 0.460. The normalized spacial score (nSPS) is 10.8. The quantitative estimate of drug-likeness (QED) is 0.489. The number of anilines is 1. The number of nitrogens with zero attached hydrogens (tertiary/aromatic N) is 3. The molecule has 3 aromatic heterocycles. The molecule has 30 heavy (non-hydrogen) atoms. The average molecular weight is 442 g/mol. The molecule has 0 atom stereocenters. The number of hydrogen-bond acceptors (Lipinski definition) is 6. The van der Waals surface area contributed by atoms with Gasteiger partial charge in [-0.05, 0) is 36.6 Å². The van der Waals surface area contributed by atoms with Crippen molar-refractivity contribution >= 4 is 34.7 Å². The molecule has 2 N–H and O–H groups in total. The molecule has 0 unspecified atom stereocenters. The molecule has 8 nitrogen and oxygen atoms in total. The molecule has 0 spiro atoms. The molecule has 10 heteroatoms. The maximum atomic E-state index is 13.0. The van der Waals surface area contributed by atoms with Crippen molar-refractivity contribution in [2.45, 2.75) is 6.92 Å². The maximum Gasteiger partial charge on any atom is 0.260 e. The minimum Gasteiger partial charge on any atom is -0.496 e. The summed E-state index contributed by atoms with van der Waals surface area (Å²) in [6, 6.07) is 11.7. The van der Waals surface area contributed by atoms with Crippen LogP contribution in [0.1, 0.15) is 16.1 Å². The van der Waals surface area contributed by atoms with Crippen molar-refractivity contribution in [3.05, 3.63) is 74.5 Å². The Balaban J connectivity index is 1.80. The molecule has 3 heterocycles. The number of rotatable bonds is 5. The molecule has 0 aliphatic rings. The second-order valence-corrected chi connectivity index (χ2v) is 7.70. The van der Waals surface area contributed by atoms with E-state index in [2.05, 4.69) is 20.4 Å². The number of carbonyl (C=O) groups excluding carboxylic acids is 1. The van der Waals surface area contributed by atoms with Crippen molar-refractivity contribution in [1.82, 2.24) is 19.7 Å². The van der Waals surface area contributed by atoms with Crippen LogP contribution in [0.4, 0.5) is 5.82 Å². The lowest BCUT2D eigenvalue weighted by molar-refractivity contribution is 0.102. The molecular weight excluding hydrogens is 426 g/mol. The van der Waals surface area contributed by atoms with E-state index in [1.54, 1.807) is 25.1 Å². The van der Waals surface area contributed by atoms with Crippen molar-refractivity contribution < 1.29 is 9.53 Å². The highest BCUT2D eigenvalue weighted by molar-refractivity contribution is 7.13. The molecule has 0 saturated carbocycles. The SMILES string of the molecule is COc1ccc(Cl)cc1C(=O)Nc1cc(-c2cccs2)nn1-c1nc(C)cc(=O)[nH]1. The Morgan fingerprint density at radius 3 is 2.80 bits per heavy atom. The van der Waals surface area contributed by atoms with Gasteiger partial charge in [-0.1, -0.05) is 17.7 Å². The highest BCUT2D eigenvalue weighted by Crippen LogP contribution is 2.29. The third-order valence-corrected chi connectivity index (χ3v) is 5.32. The van der Waals surface area contributed by atoms with E-state index < -0.39 is 5.91 Å². The molecular formula is C20H16ClN5O3S. The zero-order chi connectivity index (χ0) is 21.3. The van der Waals surface area contributed by atoms with E-state index in [0.717, 1.165) is 4.88 Å². The number of methoxy groups -OCH3 is 1. The fourth-order valence-electron chi connectivity index (χ4n) is 2.88. The van der Waals surface area contributed by atoms with Crippen LogP contribution < -0.4 is 15.6 Å². The molecule has 152 valence electrons. The summed E-state index contributed by atoms with van der Waals surface area (Å²) in [6.07, 6.45) is 0. The third kappa shape index (κ3) is 3.98. The predicted molar refractivity (Wildman–Crippen MR) is 116 cm³/mol. The zero-order valence-electron chi connectivity index (χ0n) is 16.0. The number of benzene rings is 1. The van der Waals surface area contributed by atoms with E-state index in [1.165, 1.54) is 35.3 Å². The lowest BCUT2D eigenvalue weighted by atomic mass is 10.2. The van der Waals surface area contributed by atoms with E-state index in [-0.39, 0.29) is 17.1 Å². The summed E-state index contributed by atoms with van der Waals surface area (Å²) in [5, 5.41) is 9.68. The number of amides is 1. The van der Waals surface area contributed by atoms with Crippen LogP contribution in [-0.4, -0.2) is 32.8 Å². The van der Waals surface area contributed by atoms with Gasteiger partial charge in [0.2, 0.25) is 5.95 Å². The van der Waals surface area contributed by atoms with Gasteiger partial charge in [-0.15, -0.1) is 11.3 Å². The first-order valence-electron chi connectivity index (χ1n) is 8.82. The average Bonchev–Trinajstić information content (AvgIpc) is 3.37. The Labute approximate surface area is 180 Å². The van der Waals surface area contributed by atoms with Crippen LogP contribution in [0.15, 0.2) is 52.6 Å². The number of halogens is 1. The van der Waals surface area contributed by atoms with Crippen LogP contribution >= 0.6 is 22.9 Å². The van der Waals surface area contributed by atoms with E-state index in [1.807, 2.05) is 17.5 Å². The van der Waals surface area contributed by atoms with Gasteiger partial charge in [0.15, 0.2) is 0 Å². The number of carbonyl (C=O) groups is 1. The lowest BCUT2D eigenvalue weighted by Crippen LogP contribution is -2.19. The van der Waals surface area contributed by atoms with Crippen LogP contribution in [0.2, 0.25) is 5.02 Å². The zero-order valence-corrected chi connectivity index (χ0v) is 17.5. The number of aryl methyl sites for hydroxylation is 1. The minimum atomic E-state index is -0.441. The number of ether oxygens (including phenoxy) is 1. The molecule has 0 fully saturated rings. The molecule has 0 bridgehead atoms. The second kappa shape index (κ2) is 8.13. The number of aromatic nitrogens is 4. The smallest absolute Gasteiger partial charge is 0.260 e. The predicted octanol–water partition coefficient (Wildman–Crippen LogP) is 3.91. The first kappa shape index (κ1) is 19.9. The van der Waals surface area contributed by atoms with Gasteiger partial charge in [0.25, 0.3) is 11.5 Å². The number of aromatic amines is 1. The van der Waals surface area contributed by atoms with Gasteiger partial charge in [0.1, 0.15) is 17.3 Å². The largest absolute Gasteiger partial charge is 0.496 e. The Kier molecular flexibility index (Phi) is 5.39. The number of hydrogen-bond donors (Lipinski definition) is 2. The van der Waals surface area contributed by atoms with E-state index in [4.69, 9.17) is 16.3 Å². The molecule has 0 saturated heterocycles. The molecule has 0 aliphatic carbocycles. The molecule has 1 amide bonds. The summed E-state index contributed by atoms with van der Waals surface area (Å²) >= 11 is 7.56. The van der Waals surface area contributed by atoms with E-state index in [0.29, 0.717) is 28.0 Å². The number of H-pyrrole nitrogens is 1. The summed E-state index contributed by atoms with van der Waals surface area (Å²) in [5.41, 5.74) is 1.10. The van der Waals surface area contributed by atoms with Gasteiger partial charge in [-0.25, -0.2) is 4.98 Å². The highest BCUT2D eigenvalue weighted by Gasteiger charge is 2.19. The van der Waals surface area contributed by atoms with Gasteiger partial charge in [0.05, 0.1) is 17.6 Å². The van der Waals surface area contributed by atoms with Gasteiger partial charge in [0, 0.05) is 22.8 Å². The van der Waals surface area contributed by atoms with Gasteiger partial charge < -0.3 is 10.1 Å². The van der Waals surface area contributed by atoms with Gasteiger partial charge in [-0.3, -0.25) is 14.6 Å². The lowest BCUT2D eigenvalue weighted by Gasteiger charge is -2.11. The van der Waals surface area contributed by atoms with Crippen molar-refractivity contribution in [3.63, 3.8) is 0 Å². The number of thiophene rings is 1. The first-order valence-corrected chi connectivity index (χ1v) is 10.1. The monoisotopic (exact) mass is 441 g/mol. The Morgan fingerprint density at radius 2 is 2.10 bits per heavy atom. The van der Waals surface area contributed by atoms with Crippen molar-refractivity contribution in [1.29, 1.82) is 0 Å². The van der Waals surface area contributed by atoms with Crippen molar-refractivity contribution in [3.8, 4) is 22.3 Å². The summed E-state index contributed by atoms with van der Waals surface area (Å²) in [7, 11) is 1.47. The van der Waals surface area contributed by atoms with Crippen LogP contribution in [-0.2, 0) is 0 Å². The Morgan fingerprint density at radius 1 is 1.27 bits per heavy atom. The number of nitrogens with one attached hydrogen (secondary N) is 2. The van der Waals surface area contributed by atoms with E-state index >= 15 is 0 Å². The fourth-order valence-corrected chi connectivity index (χ4v) is 3.73. The van der Waals surface area contributed by atoms with Crippen molar-refractivity contribution in [2.75, 3.05) is 12.4 Å². The Hall–Kier alpha value is -3.43. The maximum absolute atomic E-state index is 13.0. The summed E-state index contributed by atoms with van der Waals surface area (Å²) in [4.78, 5) is 32.8.